The van der Waals surface area contributed by atoms with Crippen LogP contribution in [0.15, 0.2) is 36.7 Å². The van der Waals surface area contributed by atoms with Crippen LogP contribution in [0.25, 0.3) is 0 Å². The molecule has 0 radical (unpaired) electrons. The Hall–Kier alpha value is -2.47. The molecule has 4 rings (SSSR count). The Bertz CT molecular complexity index is 908. The average Bonchev–Trinajstić information content (AvgIpc) is 2.71. The van der Waals surface area contributed by atoms with Gasteiger partial charge in [-0.3, -0.25) is 19.8 Å². The number of hydrogen-bond acceptors (Lipinski definition) is 5. The van der Waals surface area contributed by atoms with Crippen LogP contribution >= 0.6 is 0 Å². The number of rotatable bonds is 3. The van der Waals surface area contributed by atoms with Crippen LogP contribution in [0, 0.1) is 0 Å². The number of ether oxygens (including phenoxy) is 1. The molecule has 0 fully saturated rings. The number of amides is 1. The van der Waals surface area contributed by atoms with Crippen molar-refractivity contribution in [2.75, 3.05) is 13.6 Å². The first-order chi connectivity index (χ1) is 14.3. The Labute approximate surface area is 179 Å². The highest BCUT2D eigenvalue weighted by molar-refractivity contribution is 5.69. The second kappa shape index (κ2) is 8.34. The molecule has 0 bridgehead atoms. The van der Waals surface area contributed by atoms with Crippen molar-refractivity contribution in [1.29, 1.82) is 0 Å². The fraction of sp³-hybridized carbons (Fsp3) is 0.542. The smallest absolute Gasteiger partial charge is 0.410 e. The molecule has 30 heavy (non-hydrogen) atoms. The van der Waals surface area contributed by atoms with E-state index in [2.05, 4.69) is 29.1 Å². The normalized spacial score (nSPS) is 21.2. The highest BCUT2D eigenvalue weighted by atomic mass is 16.6. The summed E-state index contributed by atoms with van der Waals surface area (Å²) in [4.78, 5) is 26.6. The molecule has 3 heterocycles. The van der Waals surface area contributed by atoms with E-state index in [0.29, 0.717) is 6.54 Å². The Morgan fingerprint density at radius 2 is 1.93 bits per heavy atom. The first kappa shape index (κ1) is 20.8. The molecule has 1 aliphatic heterocycles. The highest BCUT2D eigenvalue weighted by Crippen LogP contribution is 2.33. The Balaban J connectivity index is 1.56. The standard InChI is InChI=1S/C24H32N4O2/c1-24(2,3)30-23(29)28-15-18-10-7-12-25-20(18)14-19(28)16-27(4)21-11-5-8-17-9-6-13-26-22(17)21/h6-7,9-10,12-13,19,21H,5,8,11,14-16H2,1-4H3/t19?,21-/m0/s1. The summed E-state index contributed by atoms with van der Waals surface area (Å²) in [7, 11) is 2.15. The van der Waals surface area contributed by atoms with Crippen LogP contribution in [0.5, 0.6) is 0 Å². The van der Waals surface area contributed by atoms with Crippen LogP contribution in [0.3, 0.4) is 0 Å². The number of carbonyl (C=O) groups excluding carboxylic acids is 1. The van der Waals surface area contributed by atoms with E-state index >= 15 is 0 Å². The van der Waals surface area contributed by atoms with Gasteiger partial charge in [0, 0.05) is 31.1 Å². The maximum atomic E-state index is 13.0. The summed E-state index contributed by atoms with van der Waals surface area (Å²) in [5.74, 6) is 0. The van der Waals surface area contributed by atoms with Crippen LogP contribution in [0.4, 0.5) is 4.79 Å². The van der Waals surface area contributed by atoms with Gasteiger partial charge in [-0.1, -0.05) is 12.1 Å². The van der Waals surface area contributed by atoms with Gasteiger partial charge in [0.15, 0.2) is 0 Å². The summed E-state index contributed by atoms with van der Waals surface area (Å²) in [5.41, 5.74) is 4.20. The Morgan fingerprint density at radius 3 is 2.70 bits per heavy atom. The van der Waals surface area contributed by atoms with E-state index in [4.69, 9.17) is 9.72 Å². The first-order valence-corrected chi connectivity index (χ1v) is 10.9. The average molecular weight is 409 g/mol. The van der Waals surface area contributed by atoms with E-state index in [-0.39, 0.29) is 18.2 Å². The van der Waals surface area contributed by atoms with Crippen LogP contribution in [0.2, 0.25) is 0 Å². The lowest BCUT2D eigenvalue weighted by Crippen LogP contribution is -2.51. The molecule has 160 valence electrons. The van der Waals surface area contributed by atoms with Crippen molar-refractivity contribution < 1.29 is 9.53 Å². The Kier molecular flexibility index (Phi) is 5.78. The van der Waals surface area contributed by atoms with Crippen LogP contribution in [-0.4, -0.2) is 51.1 Å². The largest absolute Gasteiger partial charge is 0.444 e. The lowest BCUT2D eigenvalue weighted by atomic mass is 9.90. The predicted octanol–water partition coefficient (Wildman–Crippen LogP) is 4.15. The molecule has 1 aliphatic carbocycles. The molecule has 6 heteroatoms. The van der Waals surface area contributed by atoms with Gasteiger partial charge >= 0.3 is 6.09 Å². The van der Waals surface area contributed by atoms with Crippen molar-refractivity contribution in [2.24, 2.45) is 0 Å². The molecule has 1 amide bonds. The molecule has 2 aliphatic rings. The van der Waals surface area contributed by atoms with Crippen molar-refractivity contribution in [3.63, 3.8) is 0 Å². The molecular formula is C24H32N4O2. The van der Waals surface area contributed by atoms with Crippen molar-refractivity contribution in [3.8, 4) is 0 Å². The zero-order valence-electron chi connectivity index (χ0n) is 18.5. The number of carbonyl (C=O) groups is 1. The summed E-state index contributed by atoms with van der Waals surface area (Å²) < 4.78 is 5.74. The topological polar surface area (TPSA) is 58.6 Å². The van der Waals surface area contributed by atoms with Crippen LogP contribution < -0.4 is 0 Å². The van der Waals surface area contributed by atoms with Gasteiger partial charge in [-0.2, -0.15) is 0 Å². The molecule has 6 nitrogen and oxygen atoms in total. The second-order valence-electron chi connectivity index (χ2n) is 9.47. The monoisotopic (exact) mass is 408 g/mol. The summed E-state index contributed by atoms with van der Waals surface area (Å²) in [6.07, 6.45) is 7.56. The quantitative estimate of drug-likeness (QED) is 0.764. The minimum atomic E-state index is -0.519. The first-order valence-electron chi connectivity index (χ1n) is 10.9. The summed E-state index contributed by atoms with van der Waals surface area (Å²) in [6, 6.07) is 8.50. The van der Waals surface area contributed by atoms with Gasteiger partial charge < -0.3 is 4.74 Å². The summed E-state index contributed by atoms with van der Waals surface area (Å²) in [6.45, 7) is 7.04. The fourth-order valence-corrected chi connectivity index (χ4v) is 4.62. The molecule has 2 atom stereocenters. The van der Waals surface area contributed by atoms with Crippen LogP contribution in [-0.2, 0) is 24.1 Å². The van der Waals surface area contributed by atoms with Gasteiger partial charge in [-0.05, 0) is 70.3 Å². The SMILES string of the molecule is CN(CC1Cc2ncccc2CN1C(=O)OC(C)(C)C)[C@H]1CCCc2cccnc21. The van der Waals surface area contributed by atoms with Crippen molar-refractivity contribution in [1.82, 2.24) is 19.8 Å². The Morgan fingerprint density at radius 1 is 1.20 bits per heavy atom. The third-order valence-corrected chi connectivity index (χ3v) is 6.02. The lowest BCUT2D eigenvalue weighted by Gasteiger charge is -2.41. The molecule has 0 aromatic carbocycles. The molecule has 2 aromatic rings. The van der Waals surface area contributed by atoms with E-state index in [1.54, 1.807) is 0 Å². The molecule has 0 N–H and O–H groups in total. The number of hydrogen-bond donors (Lipinski definition) is 0. The summed E-state index contributed by atoms with van der Waals surface area (Å²) in [5, 5.41) is 0. The zero-order chi connectivity index (χ0) is 21.3. The molecule has 0 saturated heterocycles. The number of aryl methyl sites for hydroxylation is 1. The molecule has 1 unspecified atom stereocenters. The summed E-state index contributed by atoms with van der Waals surface area (Å²) >= 11 is 0. The number of nitrogens with zero attached hydrogens (tertiary/aromatic N) is 4. The van der Waals surface area contributed by atoms with Gasteiger partial charge in [0.1, 0.15) is 5.60 Å². The maximum Gasteiger partial charge on any atom is 0.410 e. The number of aromatic nitrogens is 2. The van der Waals surface area contributed by atoms with Gasteiger partial charge in [0.2, 0.25) is 0 Å². The molecular weight excluding hydrogens is 376 g/mol. The van der Waals surface area contributed by atoms with Gasteiger partial charge in [-0.15, -0.1) is 0 Å². The maximum absolute atomic E-state index is 13.0. The van der Waals surface area contributed by atoms with Gasteiger partial charge in [0.25, 0.3) is 0 Å². The highest BCUT2D eigenvalue weighted by Gasteiger charge is 2.35. The third-order valence-electron chi connectivity index (χ3n) is 6.02. The van der Waals surface area contributed by atoms with Gasteiger partial charge in [0.05, 0.1) is 24.3 Å². The number of pyridine rings is 2. The van der Waals surface area contributed by atoms with E-state index in [0.717, 1.165) is 37.1 Å². The minimum Gasteiger partial charge on any atom is -0.444 e. The molecule has 0 saturated carbocycles. The van der Waals surface area contributed by atoms with E-state index < -0.39 is 5.60 Å². The van der Waals surface area contributed by atoms with Crippen molar-refractivity contribution in [3.05, 3.63) is 59.2 Å². The van der Waals surface area contributed by atoms with Gasteiger partial charge in [-0.25, -0.2) is 4.79 Å². The van der Waals surface area contributed by atoms with Crippen LogP contribution in [0.1, 0.15) is 62.2 Å². The fourth-order valence-electron chi connectivity index (χ4n) is 4.62. The zero-order valence-corrected chi connectivity index (χ0v) is 18.5. The van der Waals surface area contributed by atoms with E-state index in [1.807, 2.05) is 50.2 Å². The third kappa shape index (κ3) is 4.48. The lowest BCUT2D eigenvalue weighted by molar-refractivity contribution is 0.00619. The van der Waals surface area contributed by atoms with E-state index in [9.17, 15) is 4.79 Å². The predicted molar refractivity (Wildman–Crippen MR) is 116 cm³/mol. The van der Waals surface area contributed by atoms with E-state index in [1.165, 1.54) is 17.7 Å². The van der Waals surface area contributed by atoms with Crippen molar-refractivity contribution in [2.45, 2.75) is 70.7 Å². The number of likely N-dealkylation sites (N-methyl/N-ethyl adjacent to an activating group) is 1. The molecule has 0 spiro atoms. The minimum absolute atomic E-state index is 0.0151. The van der Waals surface area contributed by atoms with Crippen molar-refractivity contribution >= 4 is 6.09 Å². The molecule has 2 aromatic heterocycles. The number of fused-ring (bicyclic) bond motifs is 2. The second-order valence-corrected chi connectivity index (χ2v) is 9.47.